The molecule has 0 aromatic rings. The van der Waals surface area contributed by atoms with Crippen LogP contribution in [0.25, 0.3) is 0 Å². The average molecular weight is 266 g/mol. The first-order valence-electron chi connectivity index (χ1n) is 7.98. The Morgan fingerprint density at radius 2 is 1.95 bits per heavy atom. The van der Waals surface area contributed by atoms with Gasteiger partial charge in [0.1, 0.15) is 0 Å². The highest BCUT2D eigenvalue weighted by atomic mass is 16.2. The van der Waals surface area contributed by atoms with Gasteiger partial charge in [0.2, 0.25) is 5.91 Å². The summed E-state index contributed by atoms with van der Waals surface area (Å²) in [4.78, 5) is 14.4. The lowest BCUT2D eigenvalue weighted by atomic mass is 9.78. The molecule has 2 aliphatic rings. The van der Waals surface area contributed by atoms with Crippen LogP contribution in [0, 0.1) is 17.8 Å². The van der Waals surface area contributed by atoms with E-state index < -0.39 is 0 Å². The predicted molar refractivity (Wildman–Crippen MR) is 78.9 cm³/mol. The van der Waals surface area contributed by atoms with Crippen molar-refractivity contribution in [2.75, 3.05) is 13.6 Å². The van der Waals surface area contributed by atoms with Crippen LogP contribution in [0.1, 0.15) is 52.9 Å². The molecule has 2 saturated carbocycles. The van der Waals surface area contributed by atoms with E-state index >= 15 is 0 Å². The second-order valence-electron chi connectivity index (χ2n) is 6.93. The van der Waals surface area contributed by atoms with E-state index in [1.54, 1.807) is 0 Å². The minimum Gasteiger partial charge on any atom is -0.352 e. The highest BCUT2D eigenvalue weighted by Gasteiger charge is 2.32. The third-order valence-corrected chi connectivity index (χ3v) is 5.45. The van der Waals surface area contributed by atoms with E-state index in [-0.39, 0.29) is 5.91 Å². The third-order valence-electron chi connectivity index (χ3n) is 5.45. The van der Waals surface area contributed by atoms with Crippen LogP contribution in [0.4, 0.5) is 0 Å². The highest BCUT2D eigenvalue weighted by molar-refractivity contribution is 5.78. The quantitative estimate of drug-likeness (QED) is 0.829. The van der Waals surface area contributed by atoms with Crippen LogP contribution in [0.2, 0.25) is 0 Å². The molecule has 0 aromatic carbocycles. The Bertz CT molecular complexity index is 314. The van der Waals surface area contributed by atoms with Gasteiger partial charge in [-0.05, 0) is 51.0 Å². The predicted octanol–water partition coefficient (Wildman–Crippen LogP) is 2.66. The van der Waals surface area contributed by atoms with E-state index in [1.165, 1.54) is 25.7 Å². The van der Waals surface area contributed by atoms with Crippen molar-refractivity contribution in [3.05, 3.63) is 0 Å². The van der Waals surface area contributed by atoms with Gasteiger partial charge >= 0.3 is 0 Å². The molecule has 0 spiro atoms. The maximum Gasteiger partial charge on any atom is 0.234 e. The molecule has 2 aliphatic carbocycles. The van der Waals surface area contributed by atoms with Crippen LogP contribution in [0.15, 0.2) is 0 Å². The normalized spacial score (nSPS) is 33.2. The van der Waals surface area contributed by atoms with E-state index in [1.807, 2.05) is 0 Å². The zero-order chi connectivity index (χ0) is 14.0. The second kappa shape index (κ2) is 6.25. The van der Waals surface area contributed by atoms with Crippen LogP contribution in [0.5, 0.6) is 0 Å². The average Bonchev–Trinajstić information content (AvgIpc) is 3.18. The lowest BCUT2D eigenvalue weighted by Gasteiger charge is -2.35. The van der Waals surface area contributed by atoms with Gasteiger partial charge in [-0.2, -0.15) is 0 Å². The molecule has 0 saturated heterocycles. The minimum absolute atomic E-state index is 0.209. The van der Waals surface area contributed by atoms with Crippen molar-refractivity contribution in [3.8, 4) is 0 Å². The van der Waals surface area contributed by atoms with Crippen molar-refractivity contribution < 1.29 is 4.79 Å². The zero-order valence-corrected chi connectivity index (χ0v) is 13.0. The molecule has 4 unspecified atom stereocenters. The van der Waals surface area contributed by atoms with Crippen molar-refractivity contribution in [1.29, 1.82) is 0 Å². The Hall–Kier alpha value is -0.570. The molecular weight excluding hydrogens is 236 g/mol. The van der Waals surface area contributed by atoms with Gasteiger partial charge in [0.15, 0.2) is 0 Å². The van der Waals surface area contributed by atoms with Crippen molar-refractivity contribution >= 4 is 5.91 Å². The minimum atomic E-state index is 0.209. The van der Waals surface area contributed by atoms with Crippen LogP contribution in [0.3, 0.4) is 0 Å². The summed E-state index contributed by atoms with van der Waals surface area (Å²) in [6, 6.07) is 0.939. The molecule has 110 valence electrons. The molecule has 3 heteroatoms. The molecular formula is C16H30N2O. The van der Waals surface area contributed by atoms with Crippen LogP contribution in [-0.4, -0.2) is 36.5 Å². The maximum atomic E-state index is 12.2. The second-order valence-corrected chi connectivity index (χ2v) is 6.93. The van der Waals surface area contributed by atoms with E-state index in [9.17, 15) is 4.79 Å². The van der Waals surface area contributed by atoms with Crippen LogP contribution in [-0.2, 0) is 4.79 Å². The summed E-state index contributed by atoms with van der Waals surface area (Å²) in [6.07, 6.45) is 6.39. The topological polar surface area (TPSA) is 32.3 Å². The van der Waals surface area contributed by atoms with Crippen molar-refractivity contribution in [2.45, 2.75) is 65.0 Å². The monoisotopic (exact) mass is 266 g/mol. The standard InChI is InChI=1S/C16H30N2O/c1-11-6-5-7-15(12(11)2)17-16(19)10-18(4)13(3)14-8-9-14/h11-15H,5-10H2,1-4H3,(H,17,19). The molecule has 2 rings (SSSR count). The number of hydrogen-bond donors (Lipinski definition) is 1. The lowest BCUT2D eigenvalue weighted by Crippen LogP contribution is -2.48. The van der Waals surface area contributed by atoms with E-state index in [0.717, 1.165) is 18.3 Å². The SMILES string of the molecule is CC1CCCC(NC(=O)CN(C)C(C)C2CC2)C1C. The molecule has 0 aromatic heterocycles. The maximum absolute atomic E-state index is 12.2. The number of hydrogen-bond acceptors (Lipinski definition) is 2. The molecule has 0 heterocycles. The van der Waals surface area contributed by atoms with Gasteiger partial charge in [-0.25, -0.2) is 0 Å². The number of carbonyl (C=O) groups is 1. The van der Waals surface area contributed by atoms with Crippen molar-refractivity contribution in [1.82, 2.24) is 10.2 Å². The fraction of sp³-hybridized carbons (Fsp3) is 0.938. The van der Waals surface area contributed by atoms with Crippen molar-refractivity contribution in [2.24, 2.45) is 17.8 Å². The molecule has 4 atom stereocenters. The van der Waals surface area contributed by atoms with Crippen LogP contribution < -0.4 is 5.32 Å². The van der Waals surface area contributed by atoms with E-state index in [2.05, 4.69) is 38.0 Å². The third kappa shape index (κ3) is 3.95. The molecule has 3 nitrogen and oxygen atoms in total. The van der Waals surface area contributed by atoms with E-state index in [4.69, 9.17) is 0 Å². The Balaban J connectivity index is 1.76. The number of carbonyl (C=O) groups excluding carboxylic acids is 1. The van der Waals surface area contributed by atoms with Crippen LogP contribution >= 0.6 is 0 Å². The first-order valence-corrected chi connectivity index (χ1v) is 7.98. The van der Waals surface area contributed by atoms with Gasteiger partial charge in [-0.15, -0.1) is 0 Å². The number of nitrogens with one attached hydrogen (secondary N) is 1. The lowest BCUT2D eigenvalue weighted by molar-refractivity contribution is -0.123. The van der Waals surface area contributed by atoms with Gasteiger partial charge in [0, 0.05) is 12.1 Å². The fourth-order valence-corrected chi connectivity index (χ4v) is 3.35. The number of nitrogens with zero attached hydrogens (tertiary/aromatic N) is 1. The Kier molecular flexibility index (Phi) is 4.88. The molecule has 1 amide bonds. The Morgan fingerprint density at radius 3 is 2.58 bits per heavy atom. The van der Waals surface area contributed by atoms with Gasteiger partial charge < -0.3 is 5.32 Å². The first-order chi connectivity index (χ1) is 8.99. The largest absolute Gasteiger partial charge is 0.352 e. The molecule has 0 aliphatic heterocycles. The number of likely N-dealkylation sites (N-methyl/N-ethyl adjacent to an activating group) is 1. The smallest absolute Gasteiger partial charge is 0.234 e. The number of rotatable bonds is 5. The summed E-state index contributed by atoms with van der Waals surface area (Å²) in [7, 11) is 2.08. The number of amides is 1. The van der Waals surface area contributed by atoms with Gasteiger partial charge in [0.25, 0.3) is 0 Å². The Morgan fingerprint density at radius 1 is 1.26 bits per heavy atom. The summed E-state index contributed by atoms with van der Waals surface area (Å²) >= 11 is 0. The first kappa shape index (κ1) is 14.8. The fourth-order valence-electron chi connectivity index (χ4n) is 3.35. The van der Waals surface area contributed by atoms with Gasteiger partial charge in [-0.3, -0.25) is 9.69 Å². The van der Waals surface area contributed by atoms with Crippen molar-refractivity contribution in [3.63, 3.8) is 0 Å². The van der Waals surface area contributed by atoms with Gasteiger partial charge in [0.05, 0.1) is 6.54 Å². The summed E-state index contributed by atoms with van der Waals surface area (Å²) in [5.41, 5.74) is 0. The molecule has 19 heavy (non-hydrogen) atoms. The molecule has 2 fully saturated rings. The Labute approximate surface area is 118 Å². The molecule has 0 bridgehead atoms. The summed E-state index contributed by atoms with van der Waals surface area (Å²) in [6.45, 7) is 7.39. The summed E-state index contributed by atoms with van der Waals surface area (Å²) in [5, 5.41) is 3.26. The summed E-state index contributed by atoms with van der Waals surface area (Å²) in [5.74, 6) is 2.39. The van der Waals surface area contributed by atoms with Gasteiger partial charge in [-0.1, -0.05) is 26.7 Å². The molecule has 1 N–H and O–H groups in total. The zero-order valence-electron chi connectivity index (χ0n) is 13.0. The highest BCUT2D eigenvalue weighted by Crippen LogP contribution is 2.34. The summed E-state index contributed by atoms with van der Waals surface area (Å²) < 4.78 is 0. The van der Waals surface area contributed by atoms with E-state index in [0.29, 0.717) is 24.5 Å². The molecule has 0 radical (unpaired) electrons.